The zero-order valence-corrected chi connectivity index (χ0v) is 11.9. The van der Waals surface area contributed by atoms with E-state index in [4.69, 9.17) is 5.73 Å². The molecule has 4 nitrogen and oxygen atoms in total. The van der Waals surface area contributed by atoms with Crippen molar-refractivity contribution in [2.45, 2.75) is 32.4 Å². The molecule has 1 rings (SSSR count). The van der Waals surface area contributed by atoms with E-state index in [0.29, 0.717) is 13.0 Å². The van der Waals surface area contributed by atoms with Crippen LogP contribution >= 0.6 is 0 Å². The number of amides is 1. The van der Waals surface area contributed by atoms with Crippen LogP contribution in [0.5, 0.6) is 0 Å². The van der Waals surface area contributed by atoms with Gasteiger partial charge < -0.3 is 11.1 Å². The molecule has 3 N–H and O–H groups in total. The van der Waals surface area contributed by atoms with E-state index in [-0.39, 0.29) is 11.9 Å². The minimum Gasteiger partial charge on any atom is -0.356 e. The summed E-state index contributed by atoms with van der Waals surface area (Å²) in [5.74, 6) is 0.0808. The van der Waals surface area contributed by atoms with E-state index in [2.05, 4.69) is 22.3 Å². The summed E-state index contributed by atoms with van der Waals surface area (Å²) >= 11 is 0. The van der Waals surface area contributed by atoms with E-state index in [1.807, 2.05) is 32.2 Å². The fourth-order valence-electron chi connectivity index (χ4n) is 1.97. The molecule has 0 aromatic heterocycles. The highest BCUT2D eigenvalue weighted by molar-refractivity contribution is 5.76. The van der Waals surface area contributed by atoms with E-state index in [1.54, 1.807) is 0 Å². The molecule has 0 saturated carbocycles. The van der Waals surface area contributed by atoms with E-state index < -0.39 is 0 Å². The maximum Gasteiger partial charge on any atom is 0.221 e. The van der Waals surface area contributed by atoms with Crippen LogP contribution in [0, 0.1) is 0 Å². The molecule has 0 fully saturated rings. The SMILES string of the molecule is CCCNC(=O)CC(CN)N(C)Cc1ccccc1. The minimum absolute atomic E-state index is 0.0806. The first-order chi connectivity index (χ1) is 9.17. The van der Waals surface area contributed by atoms with Crippen LogP contribution in [0.2, 0.25) is 0 Å². The summed E-state index contributed by atoms with van der Waals surface area (Å²) in [6.45, 7) is 4.08. The van der Waals surface area contributed by atoms with Crippen molar-refractivity contribution >= 4 is 5.91 Å². The Kier molecular flexibility index (Phi) is 7.15. The van der Waals surface area contributed by atoms with Gasteiger partial charge in [-0.3, -0.25) is 9.69 Å². The standard InChI is InChI=1S/C15H25N3O/c1-3-9-17-15(19)10-14(11-16)18(2)12-13-7-5-4-6-8-13/h4-8,14H,3,9-12,16H2,1-2H3,(H,17,19). The van der Waals surface area contributed by atoms with E-state index in [1.165, 1.54) is 5.56 Å². The number of rotatable bonds is 8. The van der Waals surface area contributed by atoms with Gasteiger partial charge in [0.15, 0.2) is 0 Å². The van der Waals surface area contributed by atoms with Crippen molar-refractivity contribution in [1.29, 1.82) is 0 Å². The summed E-state index contributed by atoms with van der Waals surface area (Å²) in [5, 5.41) is 2.89. The predicted octanol–water partition coefficient (Wildman–Crippen LogP) is 1.36. The van der Waals surface area contributed by atoms with Crippen molar-refractivity contribution in [2.75, 3.05) is 20.1 Å². The molecule has 0 aliphatic carbocycles. The van der Waals surface area contributed by atoms with Gasteiger partial charge in [-0.2, -0.15) is 0 Å². The third-order valence-electron chi connectivity index (χ3n) is 3.16. The van der Waals surface area contributed by atoms with Crippen LogP contribution in [0.1, 0.15) is 25.3 Å². The van der Waals surface area contributed by atoms with Crippen molar-refractivity contribution in [3.63, 3.8) is 0 Å². The Bertz CT molecular complexity index is 367. The third-order valence-corrected chi connectivity index (χ3v) is 3.16. The molecule has 1 atom stereocenters. The number of nitrogens with one attached hydrogen (secondary N) is 1. The van der Waals surface area contributed by atoms with Gasteiger partial charge in [0, 0.05) is 32.1 Å². The fraction of sp³-hybridized carbons (Fsp3) is 0.533. The Hall–Kier alpha value is -1.39. The molecule has 4 heteroatoms. The number of benzene rings is 1. The van der Waals surface area contributed by atoms with Gasteiger partial charge in [0.05, 0.1) is 0 Å². The molecular weight excluding hydrogens is 238 g/mol. The van der Waals surface area contributed by atoms with Crippen LogP contribution in [0.15, 0.2) is 30.3 Å². The molecule has 0 radical (unpaired) electrons. The van der Waals surface area contributed by atoms with Gasteiger partial charge in [-0.1, -0.05) is 37.3 Å². The molecule has 1 aromatic rings. The van der Waals surface area contributed by atoms with Crippen LogP contribution in [-0.2, 0) is 11.3 Å². The second-order valence-corrected chi connectivity index (χ2v) is 4.84. The van der Waals surface area contributed by atoms with Crippen molar-refractivity contribution in [2.24, 2.45) is 5.73 Å². The molecular formula is C15H25N3O. The lowest BCUT2D eigenvalue weighted by molar-refractivity contribution is -0.122. The number of carbonyl (C=O) groups excluding carboxylic acids is 1. The van der Waals surface area contributed by atoms with Crippen molar-refractivity contribution in [3.8, 4) is 0 Å². The highest BCUT2D eigenvalue weighted by atomic mass is 16.1. The highest BCUT2D eigenvalue weighted by Crippen LogP contribution is 2.08. The average Bonchev–Trinajstić information content (AvgIpc) is 2.43. The van der Waals surface area contributed by atoms with Crippen LogP contribution in [0.25, 0.3) is 0 Å². The second kappa shape index (κ2) is 8.67. The molecule has 0 saturated heterocycles. The summed E-state index contributed by atoms with van der Waals surface area (Å²) in [7, 11) is 2.01. The summed E-state index contributed by atoms with van der Waals surface area (Å²) in [6.07, 6.45) is 1.42. The Morgan fingerprint density at radius 1 is 1.37 bits per heavy atom. The van der Waals surface area contributed by atoms with E-state index in [9.17, 15) is 4.79 Å². The Morgan fingerprint density at radius 3 is 2.63 bits per heavy atom. The summed E-state index contributed by atoms with van der Waals surface area (Å²) in [4.78, 5) is 13.9. The first-order valence-electron chi connectivity index (χ1n) is 6.88. The quantitative estimate of drug-likeness (QED) is 0.744. The van der Waals surface area contributed by atoms with Gasteiger partial charge in [-0.05, 0) is 19.0 Å². The van der Waals surface area contributed by atoms with E-state index >= 15 is 0 Å². The summed E-state index contributed by atoms with van der Waals surface area (Å²) in [5.41, 5.74) is 7.02. The molecule has 0 spiro atoms. The number of nitrogens with zero attached hydrogens (tertiary/aromatic N) is 1. The minimum atomic E-state index is 0.0806. The maximum atomic E-state index is 11.7. The van der Waals surface area contributed by atoms with Crippen molar-refractivity contribution in [1.82, 2.24) is 10.2 Å². The molecule has 0 bridgehead atoms. The van der Waals surface area contributed by atoms with Crippen molar-refractivity contribution in [3.05, 3.63) is 35.9 Å². The maximum absolute atomic E-state index is 11.7. The molecule has 19 heavy (non-hydrogen) atoms. The number of likely N-dealkylation sites (N-methyl/N-ethyl adjacent to an activating group) is 1. The lowest BCUT2D eigenvalue weighted by Gasteiger charge is -2.26. The highest BCUT2D eigenvalue weighted by Gasteiger charge is 2.17. The number of nitrogens with two attached hydrogens (primary N) is 1. The van der Waals surface area contributed by atoms with Crippen LogP contribution < -0.4 is 11.1 Å². The van der Waals surface area contributed by atoms with Crippen LogP contribution in [-0.4, -0.2) is 37.0 Å². The molecule has 106 valence electrons. The van der Waals surface area contributed by atoms with E-state index in [0.717, 1.165) is 19.5 Å². The lowest BCUT2D eigenvalue weighted by atomic mass is 10.1. The Balaban J connectivity index is 2.47. The number of hydrogen-bond donors (Lipinski definition) is 2. The van der Waals surface area contributed by atoms with Gasteiger partial charge in [-0.15, -0.1) is 0 Å². The summed E-state index contributed by atoms with van der Waals surface area (Å²) < 4.78 is 0. The number of hydrogen-bond acceptors (Lipinski definition) is 3. The monoisotopic (exact) mass is 263 g/mol. The largest absolute Gasteiger partial charge is 0.356 e. The molecule has 0 aliphatic rings. The molecule has 1 amide bonds. The lowest BCUT2D eigenvalue weighted by Crippen LogP contribution is -2.41. The molecule has 0 heterocycles. The molecule has 0 aliphatic heterocycles. The van der Waals surface area contributed by atoms with Gasteiger partial charge in [0.25, 0.3) is 0 Å². The first-order valence-corrected chi connectivity index (χ1v) is 6.88. The van der Waals surface area contributed by atoms with Gasteiger partial charge >= 0.3 is 0 Å². The van der Waals surface area contributed by atoms with Crippen molar-refractivity contribution < 1.29 is 4.79 Å². The Labute approximate surface area is 116 Å². The first kappa shape index (κ1) is 15.7. The fourth-order valence-corrected chi connectivity index (χ4v) is 1.97. The topological polar surface area (TPSA) is 58.4 Å². The summed E-state index contributed by atoms with van der Waals surface area (Å²) in [6, 6.07) is 10.3. The Morgan fingerprint density at radius 2 is 2.05 bits per heavy atom. The predicted molar refractivity (Wildman–Crippen MR) is 78.7 cm³/mol. The van der Waals surface area contributed by atoms with Crippen LogP contribution in [0.4, 0.5) is 0 Å². The number of carbonyl (C=O) groups is 1. The average molecular weight is 263 g/mol. The van der Waals surface area contributed by atoms with Gasteiger partial charge in [-0.25, -0.2) is 0 Å². The van der Waals surface area contributed by atoms with Gasteiger partial charge in [0.2, 0.25) is 5.91 Å². The third kappa shape index (κ3) is 5.85. The van der Waals surface area contributed by atoms with Crippen LogP contribution in [0.3, 0.4) is 0 Å². The normalized spacial score (nSPS) is 12.4. The molecule has 1 unspecified atom stereocenters. The molecule has 1 aromatic carbocycles. The zero-order valence-electron chi connectivity index (χ0n) is 11.9. The smallest absolute Gasteiger partial charge is 0.221 e. The van der Waals surface area contributed by atoms with Gasteiger partial charge in [0.1, 0.15) is 0 Å². The second-order valence-electron chi connectivity index (χ2n) is 4.84. The zero-order chi connectivity index (χ0) is 14.1.